The highest BCUT2D eigenvalue weighted by Gasteiger charge is 2.13. The largest absolute Gasteiger partial charge is 0.459 e. The van der Waals surface area contributed by atoms with Crippen molar-refractivity contribution < 1.29 is 9.21 Å². The number of rotatable bonds is 4. The van der Waals surface area contributed by atoms with Crippen molar-refractivity contribution in [2.75, 3.05) is 5.32 Å². The summed E-state index contributed by atoms with van der Waals surface area (Å²) < 4.78 is 6.86. The summed E-state index contributed by atoms with van der Waals surface area (Å²) >= 11 is 0. The van der Waals surface area contributed by atoms with Gasteiger partial charge in [0.1, 0.15) is 5.82 Å². The lowest BCUT2D eigenvalue weighted by atomic mass is 10.2. The Bertz CT molecular complexity index is 730. The smallest absolute Gasteiger partial charge is 0.292 e. The predicted molar refractivity (Wildman–Crippen MR) is 79.2 cm³/mol. The number of amides is 1. The van der Waals surface area contributed by atoms with Crippen LogP contribution in [-0.2, 0) is 6.54 Å². The van der Waals surface area contributed by atoms with Crippen LogP contribution in [-0.4, -0.2) is 15.7 Å². The quantitative estimate of drug-likeness (QED) is 0.799. The van der Waals surface area contributed by atoms with Gasteiger partial charge in [-0.1, -0.05) is 30.3 Å². The first-order valence-corrected chi connectivity index (χ1v) is 6.65. The third-order valence-electron chi connectivity index (χ3n) is 3.06. The zero-order valence-electron chi connectivity index (χ0n) is 11.6. The van der Waals surface area contributed by atoms with Gasteiger partial charge in [0.15, 0.2) is 5.76 Å². The molecule has 5 nitrogen and oxygen atoms in total. The SMILES string of the molecule is Cc1cc(NC(=O)c2ccco2)n(Cc2ccccc2)n1. The maximum atomic E-state index is 12.0. The van der Waals surface area contributed by atoms with Gasteiger partial charge in [-0.2, -0.15) is 5.10 Å². The number of hydrogen-bond donors (Lipinski definition) is 1. The molecule has 0 atom stereocenters. The summed E-state index contributed by atoms with van der Waals surface area (Å²) in [6.07, 6.45) is 1.47. The van der Waals surface area contributed by atoms with E-state index in [-0.39, 0.29) is 11.7 Å². The van der Waals surface area contributed by atoms with Crippen molar-refractivity contribution in [3.05, 3.63) is 71.8 Å². The first kappa shape index (κ1) is 13.2. The fourth-order valence-electron chi connectivity index (χ4n) is 2.11. The third kappa shape index (κ3) is 3.02. The van der Waals surface area contributed by atoms with Crippen molar-refractivity contribution >= 4 is 11.7 Å². The van der Waals surface area contributed by atoms with Gasteiger partial charge in [-0.05, 0) is 24.6 Å². The molecule has 21 heavy (non-hydrogen) atoms. The number of aryl methyl sites for hydroxylation is 1. The Morgan fingerprint density at radius 2 is 2.05 bits per heavy atom. The van der Waals surface area contributed by atoms with E-state index in [0.29, 0.717) is 12.4 Å². The van der Waals surface area contributed by atoms with Crippen molar-refractivity contribution in [1.82, 2.24) is 9.78 Å². The lowest BCUT2D eigenvalue weighted by Gasteiger charge is -2.08. The first-order chi connectivity index (χ1) is 10.2. The molecule has 0 unspecified atom stereocenters. The number of nitrogens with zero attached hydrogens (tertiary/aromatic N) is 2. The number of aromatic nitrogens is 2. The summed E-state index contributed by atoms with van der Waals surface area (Å²) in [7, 11) is 0. The molecule has 5 heteroatoms. The minimum atomic E-state index is -0.283. The number of carbonyl (C=O) groups is 1. The molecule has 0 aliphatic heterocycles. The third-order valence-corrected chi connectivity index (χ3v) is 3.06. The number of hydrogen-bond acceptors (Lipinski definition) is 3. The van der Waals surface area contributed by atoms with Crippen molar-refractivity contribution in [2.45, 2.75) is 13.5 Å². The fraction of sp³-hybridized carbons (Fsp3) is 0.125. The second-order valence-electron chi connectivity index (χ2n) is 4.75. The van der Waals surface area contributed by atoms with E-state index in [1.807, 2.05) is 43.3 Å². The second-order valence-corrected chi connectivity index (χ2v) is 4.75. The van der Waals surface area contributed by atoms with E-state index in [4.69, 9.17) is 4.42 Å². The molecule has 0 radical (unpaired) electrons. The molecule has 2 aromatic heterocycles. The van der Waals surface area contributed by atoms with Crippen molar-refractivity contribution in [2.24, 2.45) is 0 Å². The molecule has 0 saturated heterocycles. The van der Waals surface area contributed by atoms with E-state index in [0.717, 1.165) is 11.3 Å². The molecule has 1 aromatic carbocycles. The van der Waals surface area contributed by atoms with Gasteiger partial charge < -0.3 is 9.73 Å². The molecule has 0 aliphatic rings. The molecule has 3 aromatic rings. The summed E-state index contributed by atoms with van der Waals surface area (Å²) in [4.78, 5) is 12.0. The van der Waals surface area contributed by atoms with Crippen LogP contribution in [0.4, 0.5) is 5.82 Å². The monoisotopic (exact) mass is 281 g/mol. The van der Waals surface area contributed by atoms with E-state index in [1.165, 1.54) is 6.26 Å². The predicted octanol–water partition coefficient (Wildman–Crippen LogP) is 3.09. The van der Waals surface area contributed by atoms with Crippen LogP contribution in [0.1, 0.15) is 21.8 Å². The van der Waals surface area contributed by atoms with E-state index in [9.17, 15) is 4.79 Å². The van der Waals surface area contributed by atoms with Gasteiger partial charge in [-0.3, -0.25) is 4.79 Å². The molecule has 0 bridgehead atoms. The van der Waals surface area contributed by atoms with Crippen LogP contribution in [0.5, 0.6) is 0 Å². The summed E-state index contributed by atoms with van der Waals surface area (Å²) in [5, 5.41) is 7.23. The Morgan fingerprint density at radius 3 is 2.76 bits per heavy atom. The molecule has 0 spiro atoms. The fourth-order valence-corrected chi connectivity index (χ4v) is 2.11. The maximum Gasteiger partial charge on any atom is 0.292 e. The average molecular weight is 281 g/mol. The van der Waals surface area contributed by atoms with Crippen molar-refractivity contribution in [1.29, 1.82) is 0 Å². The minimum Gasteiger partial charge on any atom is -0.459 e. The average Bonchev–Trinajstić information content (AvgIpc) is 3.11. The van der Waals surface area contributed by atoms with Crippen molar-refractivity contribution in [3.63, 3.8) is 0 Å². The van der Waals surface area contributed by atoms with E-state index >= 15 is 0 Å². The number of furan rings is 1. The Labute approximate surface area is 122 Å². The molecule has 3 rings (SSSR count). The van der Waals surface area contributed by atoms with E-state index < -0.39 is 0 Å². The van der Waals surface area contributed by atoms with Crippen LogP contribution in [0.3, 0.4) is 0 Å². The second kappa shape index (κ2) is 5.66. The number of nitrogens with one attached hydrogen (secondary N) is 1. The Kier molecular flexibility index (Phi) is 3.55. The summed E-state index contributed by atoms with van der Waals surface area (Å²) in [6, 6.07) is 15.1. The molecule has 1 N–H and O–H groups in total. The van der Waals surface area contributed by atoms with Gasteiger partial charge in [0.2, 0.25) is 0 Å². The van der Waals surface area contributed by atoms with Crippen molar-refractivity contribution in [3.8, 4) is 0 Å². The summed E-state index contributed by atoms with van der Waals surface area (Å²) in [5.74, 6) is 0.645. The van der Waals surface area contributed by atoms with Crippen LogP contribution in [0, 0.1) is 6.92 Å². The molecule has 106 valence electrons. The van der Waals surface area contributed by atoms with Gasteiger partial charge in [-0.25, -0.2) is 4.68 Å². The highest BCUT2D eigenvalue weighted by molar-refractivity contribution is 6.01. The highest BCUT2D eigenvalue weighted by Crippen LogP contribution is 2.14. The van der Waals surface area contributed by atoms with Gasteiger partial charge in [0.25, 0.3) is 5.91 Å². The van der Waals surface area contributed by atoms with E-state index in [2.05, 4.69) is 10.4 Å². The van der Waals surface area contributed by atoms with Crippen LogP contribution < -0.4 is 5.32 Å². The van der Waals surface area contributed by atoms with Gasteiger partial charge >= 0.3 is 0 Å². The van der Waals surface area contributed by atoms with Crippen LogP contribution in [0.25, 0.3) is 0 Å². The number of anilines is 1. The summed E-state index contributed by atoms with van der Waals surface area (Å²) in [6.45, 7) is 2.49. The van der Waals surface area contributed by atoms with Gasteiger partial charge in [-0.15, -0.1) is 0 Å². The Morgan fingerprint density at radius 1 is 1.24 bits per heavy atom. The maximum absolute atomic E-state index is 12.0. The molecule has 2 heterocycles. The van der Waals surface area contributed by atoms with Crippen LogP contribution in [0.2, 0.25) is 0 Å². The zero-order chi connectivity index (χ0) is 14.7. The van der Waals surface area contributed by atoms with Gasteiger partial charge in [0.05, 0.1) is 18.5 Å². The molecular formula is C16H15N3O2. The Hall–Kier alpha value is -2.82. The standard InChI is InChI=1S/C16H15N3O2/c1-12-10-15(17-16(20)14-8-5-9-21-14)19(18-12)11-13-6-3-2-4-7-13/h2-10H,11H2,1H3,(H,17,20). The van der Waals surface area contributed by atoms with E-state index in [1.54, 1.807) is 16.8 Å². The highest BCUT2D eigenvalue weighted by atomic mass is 16.3. The minimum absolute atomic E-state index is 0.278. The van der Waals surface area contributed by atoms with Crippen LogP contribution in [0.15, 0.2) is 59.2 Å². The molecular weight excluding hydrogens is 266 g/mol. The molecule has 0 fully saturated rings. The Balaban J connectivity index is 1.81. The topological polar surface area (TPSA) is 60.1 Å². The van der Waals surface area contributed by atoms with Gasteiger partial charge in [0, 0.05) is 6.07 Å². The molecule has 0 aliphatic carbocycles. The molecule has 0 saturated carbocycles. The zero-order valence-corrected chi connectivity index (χ0v) is 11.6. The number of benzene rings is 1. The molecule has 1 amide bonds. The normalized spacial score (nSPS) is 10.5. The summed E-state index contributed by atoms with van der Waals surface area (Å²) in [5.41, 5.74) is 1.97. The lowest BCUT2D eigenvalue weighted by molar-refractivity contribution is 0.0995. The van der Waals surface area contributed by atoms with Crippen LogP contribution >= 0.6 is 0 Å². The lowest BCUT2D eigenvalue weighted by Crippen LogP contribution is -2.15. The first-order valence-electron chi connectivity index (χ1n) is 6.65. The number of carbonyl (C=O) groups excluding carboxylic acids is 1.